The molecular weight excluding hydrogens is 296 g/mol. The molecule has 0 saturated carbocycles. The maximum atomic E-state index is 12.2. The maximum absolute atomic E-state index is 12.2. The van der Waals surface area contributed by atoms with Crippen LogP contribution in [0.2, 0.25) is 0 Å². The molecule has 0 bridgehead atoms. The van der Waals surface area contributed by atoms with Gasteiger partial charge in [0.25, 0.3) is 5.56 Å². The quantitative estimate of drug-likeness (QED) is 0.693. The normalized spacial score (nSPS) is 10.8. The monoisotopic (exact) mass is 312 g/mol. The minimum atomic E-state index is -0.0339. The largest absolute Gasteiger partial charge is 0.497 e. The molecule has 0 amide bonds. The van der Waals surface area contributed by atoms with Gasteiger partial charge in [-0.25, -0.2) is 4.98 Å². The number of hydrogen-bond acceptors (Lipinski definition) is 4. The molecule has 0 radical (unpaired) electrons. The van der Waals surface area contributed by atoms with Gasteiger partial charge < -0.3 is 4.74 Å². The highest BCUT2D eigenvalue weighted by Crippen LogP contribution is 2.24. The highest BCUT2D eigenvalue weighted by molar-refractivity contribution is 7.98. The number of pyridine rings is 1. The fraction of sp³-hybridized carbons (Fsp3) is 0.176. The van der Waals surface area contributed by atoms with Crippen molar-refractivity contribution in [2.24, 2.45) is 0 Å². The zero-order valence-corrected chi connectivity index (χ0v) is 13.3. The van der Waals surface area contributed by atoms with Crippen molar-refractivity contribution in [3.8, 4) is 5.75 Å². The Kier molecular flexibility index (Phi) is 4.15. The minimum absolute atomic E-state index is 0.0339. The van der Waals surface area contributed by atoms with Crippen LogP contribution in [0.15, 0.2) is 58.2 Å². The zero-order valence-electron chi connectivity index (χ0n) is 12.4. The van der Waals surface area contributed by atoms with E-state index >= 15 is 0 Å². The molecule has 3 rings (SSSR count). The van der Waals surface area contributed by atoms with Gasteiger partial charge >= 0.3 is 0 Å². The summed E-state index contributed by atoms with van der Waals surface area (Å²) in [5.41, 5.74) is 2.34. The van der Waals surface area contributed by atoms with Crippen molar-refractivity contribution in [3.63, 3.8) is 0 Å². The van der Waals surface area contributed by atoms with Crippen molar-refractivity contribution in [1.29, 1.82) is 0 Å². The van der Waals surface area contributed by atoms with Crippen molar-refractivity contribution in [1.82, 2.24) is 9.38 Å². The predicted octanol–water partition coefficient (Wildman–Crippen LogP) is 3.30. The van der Waals surface area contributed by atoms with Crippen LogP contribution in [-0.2, 0) is 5.75 Å². The van der Waals surface area contributed by atoms with E-state index in [1.807, 2.05) is 49.4 Å². The number of nitrogens with zero attached hydrogens (tertiary/aromatic N) is 2. The lowest BCUT2D eigenvalue weighted by atomic mass is 10.3. The smallest absolute Gasteiger partial charge is 0.258 e. The molecule has 22 heavy (non-hydrogen) atoms. The second-order valence-corrected chi connectivity index (χ2v) is 5.96. The number of methoxy groups -OCH3 is 1. The summed E-state index contributed by atoms with van der Waals surface area (Å²) in [6.07, 6.45) is 0. The zero-order chi connectivity index (χ0) is 15.5. The molecule has 0 spiro atoms. The number of rotatable bonds is 4. The average molecular weight is 312 g/mol. The number of fused-ring (bicyclic) bond motifs is 1. The van der Waals surface area contributed by atoms with Crippen molar-refractivity contribution in [2.75, 3.05) is 7.11 Å². The Morgan fingerprint density at radius 1 is 1.18 bits per heavy atom. The fourth-order valence-corrected chi connectivity index (χ4v) is 3.06. The van der Waals surface area contributed by atoms with Crippen LogP contribution in [0.25, 0.3) is 5.65 Å². The molecule has 112 valence electrons. The number of aromatic nitrogens is 2. The molecule has 2 heterocycles. The topological polar surface area (TPSA) is 43.6 Å². The van der Waals surface area contributed by atoms with Crippen LogP contribution >= 0.6 is 11.8 Å². The van der Waals surface area contributed by atoms with Crippen molar-refractivity contribution in [2.45, 2.75) is 17.6 Å². The van der Waals surface area contributed by atoms with Crippen molar-refractivity contribution >= 4 is 17.4 Å². The van der Waals surface area contributed by atoms with E-state index < -0.39 is 0 Å². The molecule has 0 N–H and O–H groups in total. The van der Waals surface area contributed by atoms with Crippen LogP contribution in [0.3, 0.4) is 0 Å². The second-order valence-electron chi connectivity index (χ2n) is 4.91. The summed E-state index contributed by atoms with van der Waals surface area (Å²) in [7, 11) is 1.65. The summed E-state index contributed by atoms with van der Waals surface area (Å²) >= 11 is 1.65. The first kappa shape index (κ1) is 14.7. The molecule has 0 aliphatic carbocycles. The molecular formula is C17H16N2O2S. The number of benzene rings is 1. The standard InChI is InChI=1S/C17H16N2O2S/c1-12-4-3-5-16-18-13(10-17(20)19(12)16)11-22-15-8-6-14(21-2)7-9-15/h3-10H,11H2,1-2H3. The van der Waals surface area contributed by atoms with E-state index in [0.29, 0.717) is 11.4 Å². The molecule has 0 unspecified atom stereocenters. The molecule has 0 aliphatic rings. The summed E-state index contributed by atoms with van der Waals surface area (Å²) < 4.78 is 6.77. The van der Waals surface area contributed by atoms with Gasteiger partial charge in [-0.1, -0.05) is 6.07 Å². The number of aryl methyl sites for hydroxylation is 1. The molecule has 1 aromatic carbocycles. The van der Waals surface area contributed by atoms with E-state index in [2.05, 4.69) is 4.98 Å². The Hall–Kier alpha value is -2.27. The third-order valence-electron chi connectivity index (χ3n) is 3.38. The van der Waals surface area contributed by atoms with Crippen LogP contribution in [0, 0.1) is 6.92 Å². The number of thioether (sulfide) groups is 1. The van der Waals surface area contributed by atoms with Crippen LogP contribution in [0.5, 0.6) is 5.75 Å². The number of hydrogen-bond donors (Lipinski definition) is 0. The second kappa shape index (κ2) is 6.23. The molecule has 0 fully saturated rings. The maximum Gasteiger partial charge on any atom is 0.258 e. The molecule has 2 aromatic heterocycles. The van der Waals surface area contributed by atoms with Crippen LogP contribution in [0.4, 0.5) is 0 Å². The van der Waals surface area contributed by atoms with Gasteiger partial charge in [0.15, 0.2) is 0 Å². The van der Waals surface area contributed by atoms with Gasteiger partial charge in [-0.05, 0) is 43.3 Å². The van der Waals surface area contributed by atoms with E-state index in [0.717, 1.165) is 22.0 Å². The van der Waals surface area contributed by atoms with Crippen LogP contribution < -0.4 is 10.3 Å². The van der Waals surface area contributed by atoms with Crippen molar-refractivity contribution in [3.05, 3.63) is 70.3 Å². The van der Waals surface area contributed by atoms with Gasteiger partial charge in [0.05, 0.1) is 12.8 Å². The lowest BCUT2D eigenvalue weighted by molar-refractivity contribution is 0.414. The Balaban J connectivity index is 1.83. The summed E-state index contributed by atoms with van der Waals surface area (Å²) in [6.45, 7) is 1.90. The van der Waals surface area contributed by atoms with Gasteiger partial charge in [-0.2, -0.15) is 0 Å². The van der Waals surface area contributed by atoms with E-state index in [1.165, 1.54) is 0 Å². The van der Waals surface area contributed by atoms with Gasteiger partial charge in [-0.15, -0.1) is 11.8 Å². The van der Waals surface area contributed by atoms with Crippen molar-refractivity contribution < 1.29 is 4.74 Å². The number of ether oxygens (including phenoxy) is 1. The summed E-state index contributed by atoms with van der Waals surface area (Å²) in [6, 6.07) is 15.1. The molecule has 4 nitrogen and oxygen atoms in total. The van der Waals surface area contributed by atoms with E-state index in [4.69, 9.17) is 4.74 Å². The first-order valence-electron chi connectivity index (χ1n) is 6.92. The average Bonchev–Trinajstić information content (AvgIpc) is 2.53. The predicted molar refractivity (Wildman–Crippen MR) is 88.8 cm³/mol. The first-order valence-corrected chi connectivity index (χ1v) is 7.91. The molecule has 0 atom stereocenters. The minimum Gasteiger partial charge on any atom is -0.497 e. The summed E-state index contributed by atoms with van der Waals surface area (Å²) in [5, 5.41) is 0. The van der Waals surface area contributed by atoms with Crippen LogP contribution in [-0.4, -0.2) is 16.5 Å². The third kappa shape index (κ3) is 2.99. The van der Waals surface area contributed by atoms with Gasteiger partial charge in [-0.3, -0.25) is 9.20 Å². The first-order chi connectivity index (χ1) is 10.7. The Morgan fingerprint density at radius 3 is 2.68 bits per heavy atom. The Labute approximate surface area is 132 Å². The van der Waals surface area contributed by atoms with E-state index in [1.54, 1.807) is 29.3 Å². The van der Waals surface area contributed by atoms with Gasteiger partial charge in [0.2, 0.25) is 0 Å². The lowest BCUT2D eigenvalue weighted by Crippen LogP contribution is -2.17. The SMILES string of the molecule is COc1ccc(SCc2cc(=O)n3c(C)cccc3n2)cc1. The molecule has 0 saturated heterocycles. The van der Waals surface area contributed by atoms with Gasteiger partial charge in [0.1, 0.15) is 11.4 Å². The summed E-state index contributed by atoms with van der Waals surface area (Å²) in [4.78, 5) is 17.9. The highest BCUT2D eigenvalue weighted by Gasteiger charge is 2.05. The van der Waals surface area contributed by atoms with E-state index in [9.17, 15) is 4.79 Å². The Bertz CT molecular complexity index is 857. The highest BCUT2D eigenvalue weighted by atomic mass is 32.2. The Morgan fingerprint density at radius 2 is 1.95 bits per heavy atom. The molecule has 3 aromatic rings. The summed E-state index contributed by atoms with van der Waals surface area (Å²) in [5.74, 6) is 1.49. The third-order valence-corrected chi connectivity index (χ3v) is 4.42. The molecule has 0 aliphatic heterocycles. The molecule has 5 heteroatoms. The van der Waals surface area contributed by atoms with Gasteiger partial charge in [0, 0.05) is 22.4 Å². The van der Waals surface area contributed by atoms with E-state index in [-0.39, 0.29) is 5.56 Å². The fourth-order valence-electron chi connectivity index (χ4n) is 2.27. The van der Waals surface area contributed by atoms with Crippen LogP contribution in [0.1, 0.15) is 11.4 Å². The lowest BCUT2D eigenvalue weighted by Gasteiger charge is -2.07.